The van der Waals surface area contributed by atoms with Gasteiger partial charge in [0, 0.05) is 110 Å². The molecular formula is C83H151N3O35. The number of hydrogen-bond acceptors (Lipinski definition) is 35. The molecule has 4 aliphatic rings. The zero-order valence-corrected chi connectivity index (χ0v) is 71.2. The van der Waals surface area contributed by atoms with Gasteiger partial charge >= 0.3 is 0 Å². The number of aliphatic hydroxyl groups excluding tert-OH is 14. The number of rotatable bonds is 77. The van der Waals surface area contributed by atoms with Crippen LogP contribution in [0, 0.1) is 0 Å². The molecular weight excluding hydrogens is 1600 g/mol. The summed E-state index contributed by atoms with van der Waals surface area (Å²) < 4.78 is 83.5. The Morgan fingerprint density at radius 3 is 0.934 bits per heavy atom. The Morgan fingerprint density at radius 2 is 0.521 bits per heavy atom. The van der Waals surface area contributed by atoms with E-state index in [2.05, 4.69) is 16.0 Å². The monoisotopic (exact) mass is 1750 g/mol. The average Bonchev–Trinajstić information content (AvgIpc) is 0.790. The van der Waals surface area contributed by atoms with E-state index >= 15 is 0 Å². The van der Waals surface area contributed by atoms with Gasteiger partial charge in [0.1, 0.15) is 115 Å². The van der Waals surface area contributed by atoms with E-state index in [1.54, 1.807) is 0 Å². The van der Waals surface area contributed by atoms with Gasteiger partial charge in [0.05, 0.1) is 112 Å². The molecule has 17 N–H and O–H groups in total. The maximum Gasteiger partial charge on any atom is 0.222 e. The molecule has 4 heterocycles. The third-order valence-corrected chi connectivity index (χ3v) is 21.3. The summed E-state index contributed by atoms with van der Waals surface area (Å²) in [6.45, 7) is 5.26. The zero-order chi connectivity index (χ0) is 88.0. The van der Waals surface area contributed by atoms with Gasteiger partial charge in [-0.05, 0) is 70.6 Å². The van der Waals surface area contributed by atoms with Crippen LogP contribution >= 0.6 is 0 Å². The second kappa shape index (κ2) is 69.3. The predicted octanol–water partition coefficient (Wildman–Crippen LogP) is -0.644. The molecule has 0 spiro atoms. The third kappa shape index (κ3) is 47.8. The van der Waals surface area contributed by atoms with Crippen LogP contribution in [0.25, 0.3) is 0 Å². The number of ketones is 3. The SMILES string of the molecule is O=C(CCCCCCCNC(=O)CCOCCCOCCC(=O)CCCCCCCCC(=O)CCCOCCOCCOCCC(=O)NCCCCCCOC1OC(CO)C(OC2OC(CO)C(O)C(O)C2O)C(O)C1O)CCCOCCOCCOCCC(=O)NCCCCCCCC1OC(CO)C(OC2OC(CO)C(O)C(O)C2O)C(O)C1O. The molecule has 4 saturated heterocycles. The average molecular weight is 1750 g/mol. The Balaban J connectivity index is 0.771. The van der Waals surface area contributed by atoms with Crippen LogP contribution in [0.1, 0.15) is 212 Å². The summed E-state index contributed by atoms with van der Waals surface area (Å²) in [5.74, 6) is 0.359. The molecule has 38 heteroatoms. The maximum absolute atomic E-state index is 12.3. The number of Topliss-reactive ketones (excluding diaryl/α,β-unsaturated/α-hetero) is 3. The molecule has 4 fully saturated rings. The van der Waals surface area contributed by atoms with Gasteiger partial charge in [-0.2, -0.15) is 0 Å². The molecule has 38 nitrogen and oxygen atoms in total. The van der Waals surface area contributed by atoms with E-state index in [0.717, 1.165) is 116 Å². The van der Waals surface area contributed by atoms with Crippen molar-refractivity contribution in [2.24, 2.45) is 0 Å². The van der Waals surface area contributed by atoms with Crippen molar-refractivity contribution >= 4 is 35.1 Å². The number of amides is 3. The fourth-order valence-electron chi connectivity index (χ4n) is 14.0. The lowest BCUT2D eigenvalue weighted by molar-refractivity contribution is -0.359. The molecule has 20 atom stereocenters. The maximum atomic E-state index is 12.3. The highest BCUT2D eigenvalue weighted by molar-refractivity contribution is 5.79. The first-order valence-electron chi connectivity index (χ1n) is 44.4. The minimum Gasteiger partial charge on any atom is -0.394 e. The largest absolute Gasteiger partial charge is 0.394 e. The summed E-state index contributed by atoms with van der Waals surface area (Å²) in [6, 6.07) is 0. The van der Waals surface area contributed by atoms with E-state index in [1.165, 1.54) is 0 Å². The molecule has 0 aliphatic carbocycles. The number of unbranched alkanes of at least 4 members (excludes halogenated alkanes) is 16. The van der Waals surface area contributed by atoms with Crippen molar-refractivity contribution in [1.29, 1.82) is 0 Å². The second-order valence-electron chi connectivity index (χ2n) is 31.3. The Kier molecular flexibility index (Phi) is 62.8. The molecule has 121 heavy (non-hydrogen) atoms. The number of carbonyl (C=O) groups is 6. The van der Waals surface area contributed by atoms with Crippen molar-refractivity contribution in [3.8, 4) is 0 Å². The first-order chi connectivity index (χ1) is 58.6. The molecule has 0 bridgehead atoms. The molecule has 0 radical (unpaired) electrons. The van der Waals surface area contributed by atoms with Gasteiger partial charge in [0.2, 0.25) is 17.7 Å². The quantitative estimate of drug-likeness (QED) is 0.0337. The fourth-order valence-corrected chi connectivity index (χ4v) is 14.0. The summed E-state index contributed by atoms with van der Waals surface area (Å²) in [7, 11) is 0. The normalized spacial score (nSPS) is 26.9. The lowest BCUT2D eigenvalue weighted by Crippen LogP contribution is -2.64. The van der Waals surface area contributed by atoms with E-state index in [0.29, 0.717) is 189 Å². The Hall–Kier alpha value is -3.74. The Labute approximate surface area is 712 Å². The van der Waals surface area contributed by atoms with Crippen LogP contribution in [0.4, 0.5) is 0 Å². The lowest BCUT2D eigenvalue weighted by Gasteiger charge is -2.46. The van der Waals surface area contributed by atoms with Gasteiger partial charge in [-0.15, -0.1) is 0 Å². The minimum absolute atomic E-state index is 0.0497. The van der Waals surface area contributed by atoms with Crippen LogP contribution in [-0.4, -0.2) is 388 Å². The van der Waals surface area contributed by atoms with E-state index in [-0.39, 0.29) is 74.2 Å². The smallest absolute Gasteiger partial charge is 0.222 e. The highest BCUT2D eigenvalue weighted by atomic mass is 16.7. The molecule has 3 amide bonds. The molecule has 708 valence electrons. The van der Waals surface area contributed by atoms with Crippen molar-refractivity contribution in [2.75, 3.05) is 158 Å². The van der Waals surface area contributed by atoms with Gasteiger partial charge < -0.3 is 158 Å². The topological polar surface area (TPSA) is 560 Å². The van der Waals surface area contributed by atoms with Gasteiger partial charge in [-0.25, -0.2) is 0 Å². The van der Waals surface area contributed by atoms with E-state index in [9.17, 15) is 100 Å². The number of hydrogen-bond donors (Lipinski definition) is 17. The summed E-state index contributed by atoms with van der Waals surface area (Å²) in [4.78, 5) is 73.7. The van der Waals surface area contributed by atoms with Crippen LogP contribution in [0.3, 0.4) is 0 Å². The van der Waals surface area contributed by atoms with E-state index in [1.807, 2.05) is 0 Å². The third-order valence-electron chi connectivity index (χ3n) is 21.3. The standard InChI is InChI=1S/C83H151N3O35/c87-54-62-70(98)72(100)76(104)82(117-62)120-79-64(56-89)116-61(69(97)74(79)102)29-16-8-4-10-18-35-85-67(95)32-44-111-48-52-113-51-47-110-38-22-28-59(92)25-14-7-3-9-17-34-84-66(94)31-43-108-40-23-39-107-42-30-60(93)26-15-6-2-1-5-13-24-58(91)27-21-37-109-46-50-114-53-49-112-45-33-68(96)86-36-19-11-12-20-41-115-81-78(106)75(103)80(65(57-90)119-81)121-83-77(105)73(101)71(99)63(55-88)118-83/h61-65,69-83,87-90,97-106H,1-57H2,(H,84,94)(H,85,95)(H,86,96). The number of nitrogens with one attached hydrogen (secondary N) is 3. The molecule has 4 rings (SSSR count). The van der Waals surface area contributed by atoms with Gasteiger partial charge in [0.25, 0.3) is 0 Å². The highest BCUT2D eigenvalue weighted by Gasteiger charge is 2.52. The fraction of sp³-hybridized carbons (Fsp3) is 0.928. The second-order valence-corrected chi connectivity index (χ2v) is 31.3. The summed E-state index contributed by atoms with van der Waals surface area (Å²) in [5.41, 5.74) is 0. The van der Waals surface area contributed by atoms with Crippen LogP contribution in [0.2, 0.25) is 0 Å². The lowest BCUT2D eigenvalue weighted by atomic mass is 9.91. The number of carbonyl (C=O) groups excluding carboxylic acids is 6. The van der Waals surface area contributed by atoms with Crippen molar-refractivity contribution in [3.63, 3.8) is 0 Å². The first kappa shape index (κ1) is 110. The number of ether oxygens (including phenoxy) is 15. The molecule has 0 aromatic heterocycles. The number of aliphatic hydroxyl groups is 14. The zero-order valence-electron chi connectivity index (χ0n) is 71.2. The first-order valence-corrected chi connectivity index (χ1v) is 44.4. The summed E-state index contributed by atoms with van der Waals surface area (Å²) in [6.07, 6.45) is -5.93. The summed E-state index contributed by atoms with van der Waals surface area (Å²) >= 11 is 0. The van der Waals surface area contributed by atoms with Crippen LogP contribution in [0.5, 0.6) is 0 Å². The van der Waals surface area contributed by atoms with Crippen molar-refractivity contribution in [3.05, 3.63) is 0 Å². The van der Waals surface area contributed by atoms with Crippen LogP contribution in [0.15, 0.2) is 0 Å². The molecule has 0 saturated carbocycles. The van der Waals surface area contributed by atoms with Crippen molar-refractivity contribution < 1.29 is 171 Å². The van der Waals surface area contributed by atoms with Crippen LogP contribution in [-0.2, 0) is 99.8 Å². The van der Waals surface area contributed by atoms with Crippen molar-refractivity contribution in [2.45, 2.75) is 335 Å². The Bertz CT molecular complexity index is 2460. The summed E-state index contributed by atoms with van der Waals surface area (Å²) in [5, 5.41) is 151. The van der Waals surface area contributed by atoms with Gasteiger partial charge in [0.15, 0.2) is 18.9 Å². The molecule has 0 aromatic rings. The van der Waals surface area contributed by atoms with Crippen LogP contribution < -0.4 is 16.0 Å². The molecule has 0 aromatic carbocycles. The highest BCUT2D eigenvalue weighted by Crippen LogP contribution is 2.33. The van der Waals surface area contributed by atoms with Gasteiger partial charge in [-0.1, -0.05) is 83.5 Å². The van der Waals surface area contributed by atoms with E-state index in [4.69, 9.17) is 71.1 Å². The van der Waals surface area contributed by atoms with Crippen molar-refractivity contribution in [1.82, 2.24) is 16.0 Å². The van der Waals surface area contributed by atoms with E-state index < -0.39 is 149 Å². The predicted molar refractivity (Wildman–Crippen MR) is 432 cm³/mol. The Morgan fingerprint density at radius 1 is 0.231 bits per heavy atom. The minimum atomic E-state index is -1.76. The molecule has 20 unspecified atom stereocenters. The molecule has 4 aliphatic heterocycles. The van der Waals surface area contributed by atoms with Gasteiger partial charge in [-0.3, -0.25) is 28.8 Å².